The van der Waals surface area contributed by atoms with Gasteiger partial charge in [0.2, 0.25) is 5.91 Å². The molecule has 4 rings (SSSR count). The van der Waals surface area contributed by atoms with Gasteiger partial charge in [-0.3, -0.25) is 9.59 Å². The third-order valence-electron chi connectivity index (χ3n) is 6.43. The van der Waals surface area contributed by atoms with E-state index in [2.05, 4.69) is 5.10 Å². The zero-order chi connectivity index (χ0) is 20.6. The molecule has 2 aromatic rings. The Bertz CT molecular complexity index is 988. The monoisotopic (exact) mass is 401 g/mol. The van der Waals surface area contributed by atoms with Gasteiger partial charge in [-0.25, -0.2) is 4.68 Å². The summed E-state index contributed by atoms with van der Waals surface area (Å²) in [5.41, 5.74) is -1.03. The minimum atomic E-state index is -0.642. The van der Waals surface area contributed by atoms with Crippen LogP contribution in [0.1, 0.15) is 32.1 Å². The van der Waals surface area contributed by atoms with E-state index in [-0.39, 0.29) is 18.4 Å². The summed E-state index contributed by atoms with van der Waals surface area (Å²) in [4.78, 5) is 27.7. The van der Waals surface area contributed by atoms with Gasteiger partial charge >= 0.3 is 0 Å². The molecule has 8 nitrogen and oxygen atoms in total. The highest BCUT2D eigenvalue weighted by Gasteiger charge is 2.43. The number of methoxy groups -OCH3 is 2. The second-order valence-electron chi connectivity index (χ2n) is 8.01. The lowest BCUT2D eigenvalue weighted by molar-refractivity contribution is -0.144. The Hall–Kier alpha value is -2.61. The van der Waals surface area contributed by atoms with E-state index in [0.717, 1.165) is 25.7 Å². The van der Waals surface area contributed by atoms with E-state index in [1.165, 1.54) is 18.9 Å². The number of benzene rings is 1. The summed E-state index contributed by atoms with van der Waals surface area (Å²) in [5, 5.41) is 16.0. The first-order chi connectivity index (χ1) is 14.0. The van der Waals surface area contributed by atoms with Gasteiger partial charge in [0.15, 0.2) is 11.5 Å². The van der Waals surface area contributed by atoms with Crippen molar-refractivity contribution in [2.24, 2.45) is 5.92 Å². The molecule has 0 radical (unpaired) electrons. The standard InChI is InChI=1S/C21H27N3O5/c1-28-16-7-6-14-11-22-24(20(26)18(14)19(16)29-2)13-17(25)23-10-9-21(27)8-4-3-5-15(21)12-23/h6-7,11,15,27H,3-5,8-10,12-13H2,1-2H3/t15-,21-/m0/s1. The largest absolute Gasteiger partial charge is 0.493 e. The summed E-state index contributed by atoms with van der Waals surface area (Å²) in [5.74, 6) is 0.741. The number of aromatic nitrogens is 2. The third kappa shape index (κ3) is 3.46. The van der Waals surface area contributed by atoms with Gasteiger partial charge in [0.1, 0.15) is 6.54 Å². The summed E-state index contributed by atoms with van der Waals surface area (Å²) >= 11 is 0. The van der Waals surface area contributed by atoms with Crippen LogP contribution < -0.4 is 15.0 Å². The molecule has 1 saturated carbocycles. The molecule has 0 spiro atoms. The number of amides is 1. The Morgan fingerprint density at radius 1 is 1.28 bits per heavy atom. The van der Waals surface area contributed by atoms with Crippen LogP contribution in [0.3, 0.4) is 0 Å². The molecule has 1 aliphatic heterocycles. The molecule has 2 fully saturated rings. The molecule has 8 heteroatoms. The number of carbonyl (C=O) groups is 1. The Balaban J connectivity index is 1.59. The van der Waals surface area contributed by atoms with Crippen LogP contribution in [0.2, 0.25) is 0 Å². The molecule has 1 aliphatic carbocycles. The van der Waals surface area contributed by atoms with Crippen LogP contribution in [0.25, 0.3) is 10.8 Å². The molecule has 1 amide bonds. The number of ether oxygens (including phenoxy) is 2. The lowest BCUT2D eigenvalue weighted by Gasteiger charge is -2.47. The molecular formula is C21H27N3O5. The summed E-state index contributed by atoms with van der Waals surface area (Å²) in [7, 11) is 2.99. The molecule has 156 valence electrons. The number of likely N-dealkylation sites (tertiary alicyclic amines) is 1. The average molecular weight is 401 g/mol. The molecule has 2 atom stereocenters. The van der Waals surface area contributed by atoms with Crippen molar-refractivity contribution in [3.63, 3.8) is 0 Å². The van der Waals surface area contributed by atoms with Gasteiger partial charge in [0, 0.05) is 24.4 Å². The van der Waals surface area contributed by atoms with E-state index < -0.39 is 11.2 Å². The maximum Gasteiger partial charge on any atom is 0.279 e. The maximum absolute atomic E-state index is 13.0. The van der Waals surface area contributed by atoms with Crippen LogP contribution in [0.5, 0.6) is 11.5 Å². The van der Waals surface area contributed by atoms with Gasteiger partial charge in [-0.15, -0.1) is 0 Å². The van der Waals surface area contributed by atoms with Crippen molar-refractivity contribution in [1.82, 2.24) is 14.7 Å². The maximum atomic E-state index is 13.0. The molecule has 2 aliphatic rings. The van der Waals surface area contributed by atoms with Crippen molar-refractivity contribution < 1.29 is 19.4 Å². The van der Waals surface area contributed by atoms with Gasteiger partial charge in [0.25, 0.3) is 5.56 Å². The van der Waals surface area contributed by atoms with Crippen LogP contribution in [0, 0.1) is 5.92 Å². The summed E-state index contributed by atoms with van der Waals surface area (Å²) in [6, 6.07) is 3.46. The van der Waals surface area contributed by atoms with Crippen LogP contribution >= 0.6 is 0 Å². The van der Waals surface area contributed by atoms with Crippen molar-refractivity contribution in [3.8, 4) is 11.5 Å². The Labute approximate surface area is 169 Å². The Kier molecular flexibility index (Phi) is 5.21. The fourth-order valence-electron chi connectivity index (χ4n) is 4.72. The highest BCUT2D eigenvalue weighted by atomic mass is 16.5. The van der Waals surface area contributed by atoms with Crippen molar-refractivity contribution in [3.05, 3.63) is 28.7 Å². The first-order valence-electron chi connectivity index (χ1n) is 10.1. The van der Waals surface area contributed by atoms with Crippen LogP contribution in [0.4, 0.5) is 0 Å². The summed E-state index contributed by atoms with van der Waals surface area (Å²) in [6.07, 6.45) is 6.03. The summed E-state index contributed by atoms with van der Waals surface area (Å²) < 4.78 is 11.8. The lowest BCUT2D eigenvalue weighted by atomic mass is 9.71. The van der Waals surface area contributed by atoms with E-state index in [1.54, 1.807) is 23.2 Å². The molecule has 0 unspecified atom stereocenters. The molecule has 29 heavy (non-hydrogen) atoms. The molecule has 0 bridgehead atoms. The topological polar surface area (TPSA) is 93.9 Å². The van der Waals surface area contributed by atoms with E-state index in [9.17, 15) is 14.7 Å². The first-order valence-corrected chi connectivity index (χ1v) is 10.1. The average Bonchev–Trinajstić information content (AvgIpc) is 2.74. The minimum absolute atomic E-state index is 0.111. The smallest absolute Gasteiger partial charge is 0.279 e. The van der Waals surface area contributed by atoms with Gasteiger partial charge in [-0.1, -0.05) is 12.8 Å². The number of nitrogens with zero attached hydrogens (tertiary/aromatic N) is 3. The molecular weight excluding hydrogens is 374 g/mol. The molecule has 2 heterocycles. The van der Waals surface area contributed by atoms with E-state index in [0.29, 0.717) is 41.8 Å². The van der Waals surface area contributed by atoms with Gasteiger partial charge in [-0.2, -0.15) is 5.10 Å². The highest BCUT2D eigenvalue weighted by molar-refractivity contribution is 5.89. The molecule has 1 N–H and O–H groups in total. The number of hydrogen-bond acceptors (Lipinski definition) is 6. The number of fused-ring (bicyclic) bond motifs is 2. The Morgan fingerprint density at radius 2 is 2.10 bits per heavy atom. The number of rotatable bonds is 4. The van der Waals surface area contributed by atoms with Crippen molar-refractivity contribution in [2.75, 3.05) is 27.3 Å². The molecule has 1 saturated heterocycles. The fraction of sp³-hybridized carbons (Fsp3) is 0.571. The van der Waals surface area contributed by atoms with Crippen LogP contribution in [-0.4, -0.2) is 58.6 Å². The van der Waals surface area contributed by atoms with Gasteiger partial charge < -0.3 is 19.5 Å². The predicted molar refractivity (Wildman–Crippen MR) is 107 cm³/mol. The zero-order valence-corrected chi connectivity index (χ0v) is 16.9. The highest BCUT2D eigenvalue weighted by Crippen LogP contribution is 2.39. The SMILES string of the molecule is COc1ccc2cnn(CC(=O)N3CC[C@@]4(O)CCCC[C@H]4C3)c(=O)c2c1OC. The van der Waals surface area contributed by atoms with E-state index in [4.69, 9.17) is 9.47 Å². The minimum Gasteiger partial charge on any atom is -0.493 e. The van der Waals surface area contributed by atoms with Crippen molar-refractivity contribution in [1.29, 1.82) is 0 Å². The predicted octanol–water partition coefficient (Wildman–Crippen LogP) is 1.57. The van der Waals surface area contributed by atoms with E-state index >= 15 is 0 Å². The number of aliphatic hydroxyl groups is 1. The number of carbonyl (C=O) groups excluding carboxylic acids is 1. The second kappa shape index (κ2) is 7.67. The summed E-state index contributed by atoms with van der Waals surface area (Å²) in [6.45, 7) is 0.903. The fourth-order valence-corrected chi connectivity index (χ4v) is 4.72. The Morgan fingerprint density at radius 3 is 2.86 bits per heavy atom. The zero-order valence-electron chi connectivity index (χ0n) is 16.9. The normalized spacial score (nSPS) is 24.2. The quantitative estimate of drug-likeness (QED) is 0.836. The lowest BCUT2D eigenvalue weighted by Crippen LogP contribution is -2.55. The van der Waals surface area contributed by atoms with E-state index in [1.807, 2.05) is 0 Å². The molecule has 1 aromatic heterocycles. The number of piperidine rings is 1. The van der Waals surface area contributed by atoms with Gasteiger partial charge in [0.05, 0.1) is 31.4 Å². The third-order valence-corrected chi connectivity index (χ3v) is 6.43. The first kappa shape index (κ1) is 19.7. The second-order valence-corrected chi connectivity index (χ2v) is 8.01. The van der Waals surface area contributed by atoms with Crippen molar-refractivity contribution >= 4 is 16.7 Å². The van der Waals surface area contributed by atoms with Gasteiger partial charge in [-0.05, 0) is 31.4 Å². The van der Waals surface area contributed by atoms with Crippen LogP contribution in [0.15, 0.2) is 23.1 Å². The molecule has 1 aromatic carbocycles. The van der Waals surface area contributed by atoms with Crippen molar-refractivity contribution in [2.45, 2.75) is 44.2 Å². The number of hydrogen-bond donors (Lipinski definition) is 1. The van der Waals surface area contributed by atoms with Crippen LogP contribution in [-0.2, 0) is 11.3 Å².